The summed E-state index contributed by atoms with van der Waals surface area (Å²) >= 11 is 5.87. The van der Waals surface area contributed by atoms with Crippen LogP contribution in [-0.2, 0) is 13.0 Å². The number of halogens is 1. The molecule has 2 N–H and O–H groups in total. The molecule has 0 saturated heterocycles. The van der Waals surface area contributed by atoms with Crippen LogP contribution in [0.2, 0.25) is 5.02 Å². The number of urea groups is 1. The second kappa shape index (κ2) is 9.43. The van der Waals surface area contributed by atoms with Gasteiger partial charge < -0.3 is 15.4 Å². The van der Waals surface area contributed by atoms with Crippen molar-refractivity contribution in [3.8, 4) is 5.88 Å². The molecule has 0 unspecified atom stereocenters. The number of ether oxygens (including phenoxy) is 1. The maximum absolute atomic E-state index is 12.0. The molecule has 2 aromatic rings. The molecule has 1 heterocycles. The van der Waals surface area contributed by atoms with Crippen molar-refractivity contribution in [3.05, 3.63) is 58.7 Å². The number of carbonyl (C=O) groups is 1. The molecule has 1 aliphatic carbocycles. The Morgan fingerprint density at radius 3 is 2.69 bits per heavy atom. The van der Waals surface area contributed by atoms with Gasteiger partial charge in [-0.25, -0.2) is 9.78 Å². The Labute approximate surface area is 159 Å². The number of aromatic nitrogens is 1. The zero-order valence-electron chi connectivity index (χ0n) is 14.7. The van der Waals surface area contributed by atoms with Gasteiger partial charge in [-0.05, 0) is 55.9 Å². The van der Waals surface area contributed by atoms with E-state index in [9.17, 15) is 4.79 Å². The van der Waals surface area contributed by atoms with Crippen molar-refractivity contribution in [1.29, 1.82) is 0 Å². The maximum atomic E-state index is 12.0. The molecule has 1 aromatic heterocycles. The number of benzene rings is 1. The molecule has 2 amide bonds. The van der Waals surface area contributed by atoms with Crippen LogP contribution < -0.4 is 15.4 Å². The maximum Gasteiger partial charge on any atom is 0.315 e. The number of nitrogens with zero attached hydrogens (tertiary/aromatic N) is 1. The number of nitrogens with one attached hydrogen (secondary N) is 2. The first-order chi connectivity index (χ1) is 12.7. The summed E-state index contributed by atoms with van der Waals surface area (Å²) in [6.45, 7) is 0.953. The molecule has 138 valence electrons. The normalized spacial score (nSPS) is 14.2. The van der Waals surface area contributed by atoms with Crippen LogP contribution in [0.15, 0.2) is 42.6 Å². The van der Waals surface area contributed by atoms with E-state index in [0.717, 1.165) is 30.4 Å². The second-order valence-electron chi connectivity index (χ2n) is 6.48. The summed E-state index contributed by atoms with van der Waals surface area (Å²) in [6, 6.07) is 11.2. The highest BCUT2D eigenvalue weighted by Crippen LogP contribution is 2.24. The molecule has 0 atom stereocenters. The van der Waals surface area contributed by atoms with Crippen LogP contribution in [0.25, 0.3) is 0 Å². The Bertz CT molecular complexity index is 715. The summed E-state index contributed by atoms with van der Waals surface area (Å²) in [5.74, 6) is 0.626. The summed E-state index contributed by atoms with van der Waals surface area (Å²) in [5.41, 5.74) is 2.03. The quantitative estimate of drug-likeness (QED) is 0.768. The van der Waals surface area contributed by atoms with Gasteiger partial charge in [-0.1, -0.05) is 29.8 Å². The topological polar surface area (TPSA) is 63.2 Å². The van der Waals surface area contributed by atoms with Crippen molar-refractivity contribution in [2.24, 2.45) is 0 Å². The van der Waals surface area contributed by atoms with E-state index in [1.54, 1.807) is 6.20 Å². The lowest BCUT2D eigenvalue weighted by molar-refractivity contribution is 0.198. The Kier molecular flexibility index (Phi) is 6.72. The number of pyridine rings is 1. The lowest BCUT2D eigenvalue weighted by Gasteiger charge is -2.15. The Morgan fingerprint density at radius 2 is 1.92 bits per heavy atom. The van der Waals surface area contributed by atoms with Crippen molar-refractivity contribution >= 4 is 17.6 Å². The average Bonchev–Trinajstić information content (AvgIpc) is 3.16. The van der Waals surface area contributed by atoms with Gasteiger partial charge in [0.2, 0.25) is 5.88 Å². The minimum Gasteiger partial charge on any atom is -0.474 e. The molecule has 0 bridgehead atoms. The second-order valence-corrected chi connectivity index (χ2v) is 6.91. The number of amides is 2. The first-order valence-corrected chi connectivity index (χ1v) is 9.45. The molecule has 0 spiro atoms. The molecule has 0 radical (unpaired) electrons. The van der Waals surface area contributed by atoms with E-state index in [0.29, 0.717) is 24.0 Å². The third-order valence-corrected chi connectivity index (χ3v) is 4.73. The van der Waals surface area contributed by atoms with Crippen molar-refractivity contribution in [2.75, 3.05) is 6.54 Å². The van der Waals surface area contributed by atoms with Gasteiger partial charge in [0, 0.05) is 29.9 Å². The van der Waals surface area contributed by atoms with Gasteiger partial charge in [-0.2, -0.15) is 0 Å². The lowest BCUT2D eigenvalue weighted by atomic mass is 10.1. The molecule has 1 aromatic carbocycles. The lowest BCUT2D eigenvalue weighted by Crippen LogP contribution is -2.36. The smallest absolute Gasteiger partial charge is 0.315 e. The summed E-state index contributed by atoms with van der Waals surface area (Å²) in [4.78, 5) is 16.3. The van der Waals surface area contributed by atoms with Crippen molar-refractivity contribution in [3.63, 3.8) is 0 Å². The van der Waals surface area contributed by atoms with E-state index in [1.165, 1.54) is 12.8 Å². The van der Waals surface area contributed by atoms with Crippen LogP contribution in [0.3, 0.4) is 0 Å². The predicted molar refractivity (Wildman–Crippen MR) is 103 cm³/mol. The van der Waals surface area contributed by atoms with Gasteiger partial charge >= 0.3 is 6.03 Å². The fraction of sp³-hybridized carbons (Fsp3) is 0.400. The minimum atomic E-state index is -0.199. The molecule has 1 aliphatic rings. The zero-order chi connectivity index (χ0) is 18.2. The standard InChI is InChI=1S/C20H24ClN3O2/c21-17-9-7-15(8-10-17)11-13-23-20(25)24-14-16-4-3-12-22-19(16)26-18-5-1-2-6-18/h3-4,7-10,12,18H,1-2,5-6,11,13-14H2,(H2,23,24,25). The van der Waals surface area contributed by atoms with Crippen molar-refractivity contribution < 1.29 is 9.53 Å². The molecule has 1 fully saturated rings. The highest BCUT2D eigenvalue weighted by Gasteiger charge is 2.18. The molecular formula is C20H24ClN3O2. The van der Waals surface area contributed by atoms with E-state index < -0.39 is 0 Å². The third-order valence-electron chi connectivity index (χ3n) is 4.48. The number of carbonyl (C=O) groups excluding carboxylic acids is 1. The highest BCUT2D eigenvalue weighted by atomic mass is 35.5. The van der Waals surface area contributed by atoms with Crippen molar-refractivity contribution in [2.45, 2.75) is 44.8 Å². The van der Waals surface area contributed by atoms with Crippen LogP contribution in [0.5, 0.6) is 5.88 Å². The van der Waals surface area contributed by atoms with E-state index in [4.69, 9.17) is 16.3 Å². The molecule has 1 saturated carbocycles. The van der Waals surface area contributed by atoms with Gasteiger partial charge in [0.05, 0.1) is 0 Å². The predicted octanol–water partition coefficient (Wildman–Crippen LogP) is 4.10. The highest BCUT2D eigenvalue weighted by molar-refractivity contribution is 6.30. The number of hydrogen-bond acceptors (Lipinski definition) is 3. The molecule has 0 aliphatic heterocycles. The fourth-order valence-corrected chi connectivity index (χ4v) is 3.16. The molecule has 26 heavy (non-hydrogen) atoms. The van der Waals surface area contributed by atoms with Gasteiger partial charge in [0.25, 0.3) is 0 Å². The first-order valence-electron chi connectivity index (χ1n) is 9.07. The summed E-state index contributed by atoms with van der Waals surface area (Å²) in [6.07, 6.45) is 7.30. The Balaban J connectivity index is 1.43. The van der Waals surface area contributed by atoms with E-state index >= 15 is 0 Å². The summed E-state index contributed by atoms with van der Waals surface area (Å²) < 4.78 is 5.99. The van der Waals surface area contributed by atoms with Crippen LogP contribution >= 0.6 is 11.6 Å². The number of hydrogen-bond donors (Lipinski definition) is 2. The van der Waals surface area contributed by atoms with Gasteiger partial charge in [-0.3, -0.25) is 0 Å². The Morgan fingerprint density at radius 1 is 1.15 bits per heavy atom. The SMILES string of the molecule is O=C(NCCc1ccc(Cl)cc1)NCc1cccnc1OC1CCCC1. The summed E-state index contributed by atoms with van der Waals surface area (Å²) in [7, 11) is 0. The average molecular weight is 374 g/mol. The van der Waals surface area contributed by atoms with E-state index in [2.05, 4.69) is 15.6 Å². The van der Waals surface area contributed by atoms with E-state index in [1.807, 2.05) is 36.4 Å². The molecule has 6 heteroatoms. The molecule has 3 rings (SSSR count). The van der Waals surface area contributed by atoms with Gasteiger partial charge in [0.1, 0.15) is 6.10 Å². The zero-order valence-corrected chi connectivity index (χ0v) is 15.5. The summed E-state index contributed by atoms with van der Waals surface area (Å²) in [5, 5.41) is 6.45. The van der Waals surface area contributed by atoms with Crippen molar-refractivity contribution in [1.82, 2.24) is 15.6 Å². The van der Waals surface area contributed by atoms with Crippen LogP contribution in [0.1, 0.15) is 36.8 Å². The third kappa shape index (κ3) is 5.63. The van der Waals surface area contributed by atoms with Crippen LogP contribution in [0.4, 0.5) is 4.79 Å². The van der Waals surface area contributed by atoms with Gasteiger partial charge in [0.15, 0.2) is 0 Å². The Hall–Kier alpha value is -2.27. The van der Waals surface area contributed by atoms with Crippen LogP contribution in [-0.4, -0.2) is 23.7 Å². The minimum absolute atomic E-state index is 0.199. The largest absolute Gasteiger partial charge is 0.474 e. The number of rotatable bonds is 7. The van der Waals surface area contributed by atoms with Crippen LogP contribution in [0, 0.1) is 0 Å². The molecule has 5 nitrogen and oxygen atoms in total. The van der Waals surface area contributed by atoms with E-state index in [-0.39, 0.29) is 12.1 Å². The van der Waals surface area contributed by atoms with Gasteiger partial charge in [-0.15, -0.1) is 0 Å². The monoisotopic (exact) mass is 373 g/mol. The molecular weight excluding hydrogens is 350 g/mol. The fourth-order valence-electron chi connectivity index (χ4n) is 3.04. The first kappa shape index (κ1) is 18.5.